The molecular formula is C24H18F4N6OS. The molecule has 0 saturated carbocycles. The molecule has 0 atom stereocenters. The lowest BCUT2D eigenvalue weighted by molar-refractivity contribution is -0.142. The van der Waals surface area contributed by atoms with E-state index in [4.69, 9.17) is 0 Å². The fourth-order valence-electron chi connectivity index (χ4n) is 3.85. The molecule has 1 aromatic carbocycles. The lowest BCUT2D eigenvalue weighted by Crippen LogP contribution is -2.16. The number of alkyl halides is 3. The number of aromatic nitrogens is 5. The highest BCUT2D eigenvalue weighted by Crippen LogP contribution is 2.34. The smallest absolute Gasteiger partial charge is 0.319 e. The molecule has 4 aromatic heterocycles. The van der Waals surface area contributed by atoms with Gasteiger partial charge in [-0.1, -0.05) is 18.2 Å². The van der Waals surface area contributed by atoms with Crippen LogP contribution in [0, 0.1) is 19.7 Å². The Morgan fingerprint density at radius 1 is 1.14 bits per heavy atom. The highest BCUT2D eigenvalue weighted by Gasteiger charge is 2.36. The van der Waals surface area contributed by atoms with Gasteiger partial charge in [0.2, 0.25) is 0 Å². The predicted molar refractivity (Wildman–Crippen MR) is 126 cm³/mol. The number of anilines is 1. The summed E-state index contributed by atoms with van der Waals surface area (Å²) in [7, 11) is 0. The zero-order valence-electron chi connectivity index (χ0n) is 19.0. The first-order valence-electron chi connectivity index (χ1n) is 10.7. The van der Waals surface area contributed by atoms with Crippen LogP contribution in [0.4, 0.5) is 23.2 Å². The molecule has 36 heavy (non-hydrogen) atoms. The van der Waals surface area contributed by atoms with Gasteiger partial charge in [-0.25, -0.2) is 13.9 Å². The SMILES string of the molecule is Cc1nn(Cc2ccc(F)cc2)c(C)c1NC(=O)c1cnn2c(C(F)(F)F)cc(-c3cccs3)nc12. The molecule has 184 valence electrons. The number of nitrogens with zero attached hydrogens (tertiary/aromatic N) is 5. The lowest BCUT2D eigenvalue weighted by atomic mass is 10.2. The third kappa shape index (κ3) is 4.35. The molecule has 0 spiro atoms. The van der Waals surface area contributed by atoms with E-state index >= 15 is 0 Å². The molecular weight excluding hydrogens is 496 g/mol. The molecule has 0 aliphatic carbocycles. The molecule has 0 aliphatic rings. The Balaban J connectivity index is 1.50. The van der Waals surface area contributed by atoms with E-state index in [0.29, 0.717) is 33.0 Å². The number of carbonyl (C=O) groups excluding carboxylic acids is 1. The summed E-state index contributed by atoms with van der Waals surface area (Å²) in [5, 5.41) is 12.7. The van der Waals surface area contributed by atoms with Crippen molar-refractivity contribution in [1.29, 1.82) is 0 Å². The van der Waals surface area contributed by atoms with Gasteiger partial charge < -0.3 is 5.32 Å². The largest absolute Gasteiger partial charge is 0.433 e. The molecule has 0 saturated heterocycles. The van der Waals surface area contributed by atoms with E-state index in [-0.39, 0.29) is 22.7 Å². The lowest BCUT2D eigenvalue weighted by Gasteiger charge is -2.11. The first kappa shape index (κ1) is 23.7. The second-order valence-corrected chi connectivity index (χ2v) is 9.03. The monoisotopic (exact) mass is 514 g/mol. The van der Waals surface area contributed by atoms with Crippen molar-refractivity contribution >= 4 is 28.6 Å². The van der Waals surface area contributed by atoms with Gasteiger partial charge >= 0.3 is 6.18 Å². The summed E-state index contributed by atoms with van der Waals surface area (Å²) in [6.45, 7) is 3.80. The number of amides is 1. The summed E-state index contributed by atoms with van der Waals surface area (Å²) in [5.74, 6) is -1.01. The van der Waals surface area contributed by atoms with E-state index in [2.05, 4.69) is 20.5 Å². The molecule has 7 nitrogen and oxygen atoms in total. The van der Waals surface area contributed by atoms with Crippen molar-refractivity contribution in [3.05, 3.63) is 88.1 Å². The van der Waals surface area contributed by atoms with E-state index < -0.39 is 17.8 Å². The molecule has 0 radical (unpaired) electrons. The predicted octanol–water partition coefficient (Wildman–Crippen LogP) is 5.73. The van der Waals surface area contributed by atoms with Gasteiger partial charge in [0, 0.05) is 0 Å². The number of rotatable bonds is 5. The molecule has 5 rings (SSSR count). The summed E-state index contributed by atoms with van der Waals surface area (Å²) in [6, 6.07) is 10.3. The van der Waals surface area contributed by atoms with Gasteiger partial charge in [0.1, 0.15) is 11.4 Å². The second kappa shape index (κ2) is 8.86. The molecule has 1 amide bonds. The van der Waals surface area contributed by atoms with Crippen molar-refractivity contribution in [1.82, 2.24) is 24.4 Å². The van der Waals surface area contributed by atoms with Crippen LogP contribution in [-0.2, 0) is 12.7 Å². The number of carbonyl (C=O) groups is 1. The Labute approximate surface area is 206 Å². The number of nitrogens with one attached hydrogen (secondary N) is 1. The van der Waals surface area contributed by atoms with Gasteiger partial charge in [0.05, 0.1) is 40.4 Å². The first-order valence-corrected chi connectivity index (χ1v) is 11.6. The van der Waals surface area contributed by atoms with Crippen molar-refractivity contribution < 1.29 is 22.4 Å². The maximum atomic E-state index is 13.8. The fourth-order valence-corrected chi connectivity index (χ4v) is 4.54. The van der Waals surface area contributed by atoms with Gasteiger partial charge in [-0.2, -0.15) is 23.4 Å². The minimum Gasteiger partial charge on any atom is -0.319 e. The van der Waals surface area contributed by atoms with Crippen LogP contribution in [0.25, 0.3) is 16.2 Å². The molecule has 0 unspecified atom stereocenters. The van der Waals surface area contributed by atoms with E-state index in [0.717, 1.165) is 17.8 Å². The highest BCUT2D eigenvalue weighted by atomic mass is 32.1. The van der Waals surface area contributed by atoms with Gasteiger partial charge in [-0.3, -0.25) is 9.48 Å². The summed E-state index contributed by atoms with van der Waals surface area (Å²) < 4.78 is 56.9. The second-order valence-electron chi connectivity index (χ2n) is 8.08. The van der Waals surface area contributed by atoms with Gasteiger partial charge in [0.15, 0.2) is 11.3 Å². The molecule has 12 heteroatoms. The van der Waals surface area contributed by atoms with Gasteiger partial charge in [-0.15, -0.1) is 11.3 Å². The zero-order valence-corrected chi connectivity index (χ0v) is 19.8. The van der Waals surface area contributed by atoms with Crippen LogP contribution in [0.2, 0.25) is 0 Å². The third-order valence-corrected chi connectivity index (χ3v) is 6.54. The van der Waals surface area contributed by atoms with Crippen molar-refractivity contribution in [2.45, 2.75) is 26.6 Å². The van der Waals surface area contributed by atoms with Gasteiger partial charge in [0.25, 0.3) is 5.91 Å². The highest BCUT2D eigenvalue weighted by molar-refractivity contribution is 7.13. The molecule has 0 bridgehead atoms. The summed E-state index contributed by atoms with van der Waals surface area (Å²) >= 11 is 1.24. The standard InChI is InChI=1S/C24H18F4N6OS/c1-13-21(14(2)33(32-13)12-15-5-7-16(25)8-6-15)31-23(35)17-11-29-34-20(24(26,27)28)10-18(30-22(17)34)19-4-3-9-36-19/h3-11H,12H2,1-2H3,(H,31,35). The van der Waals surface area contributed by atoms with Gasteiger partial charge in [-0.05, 0) is 49.1 Å². The molecule has 0 fully saturated rings. The topological polar surface area (TPSA) is 77.1 Å². The minimum atomic E-state index is -4.71. The summed E-state index contributed by atoms with van der Waals surface area (Å²) in [6.07, 6.45) is -3.64. The molecule has 1 N–H and O–H groups in total. The Hall–Kier alpha value is -4.06. The minimum absolute atomic E-state index is 0.0962. The molecule has 5 aromatic rings. The van der Waals surface area contributed by atoms with Crippen molar-refractivity contribution in [2.24, 2.45) is 0 Å². The average molecular weight is 515 g/mol. The Kier molecular flexibility index (Phi) is 5.83. The van der Waals surface area contributed by atoms with Crippen LogP contribution in [0.5, 0.6) is 0 Å². The van der Waals surface area contributed by atoms with Crippen molar-refractivity contribution in [2.75, 3.05) is 5.32 Å². The maximum absolute atomic E-state index is 13.8. The summed E-state index contributed by atoms with van der Waals surface area (Å²) in [4.78, 5) is 18.1. The van der Waals surface area contributed by atoms with E-state index in [1.54, 1.807) is 48.2 Å². The number of fused-ring (bicyclic) bond motifs is 1. The normalized spacial score (nSPS) is 11.8. The molecule has 4 heterocycles. The van der Waals surface area contributed by atoms with Crippen LogP contribution in [-0.4, -0.2) is 30.3 Å². The van der Waals surface area contributed by atoms with Crippen LogP contribution < -0.4 is 5.32 Å². The Morgan fingerprint density at radius 2 is 1.89 bits per heavy atom. The Morgan fingerprint density at radius 3 is 2.56 bits per heavy atom. The number of hydrogen-bond donors (Lipinski definition) is 1. The number of hydrogen-bond acceptors (Lipinski definition) is 5. The van der Waals surface area contributed by atoms with E-state index in [1.165, 1.54) is 23.5 Å². The zero-order chi connectivity index (χ0) is 25.6. The third-order valence-electron chi connectivity index (χ3n) is 5.65. The number of halogens is 4. The van der Waals surface area contributed by atoms with Crippen LogP contribution in [0.15, 0.2) is 54.0 Å². The van der Waals surface area contributed by atoms with E-state index in [1.807, 2.05) is 0 Å². The number of thiophene rings is 1. The Bertz CT molecular complexity index is 1570. The first-order chi connectivity index (χ1) is 17.1. The number of aryl methyl sites for hydroxylation is 1. The number of benzene rings is 1. The summed E-state index contributed by atoms with van der Waals surface area (Å²) in [5.41, 5.74) is 1.13. The van der Waals surface area contributed by atoms with Crippen molar-refractivity contribution in [3.63, 3.8) is 0 Å². The van der Waals surface area contributed by atoms with Crippen LogP contribution in [0.1, 0.15) is 33.0 Å². The molecule has 0 aliphatic heterocycles. The van der Waals surface area contributed by atoms with E-state index in [9.17, 15) is 22.4 Å². The van der Waals surface area contributed by atoms with Crippen LogP contribution >= 0.6 is 11.3 Å². The fraction of sp³-hybridized carbons (Fsp3) is 0.167. The average Bonchev–Trinajstić information content (AvgIpc) is 3.56. The van der Waals surface area contributed by atoms with Crippen molar-refractivity contribution in [3.8, 4) is 10.6 Å². The van der Waals surface area contributed by atoms with Crippen LogP contribution in [0.3, 0.4) is 0 Å². The quantitative estimate of drug-likeness (QED) is 0.304. The maximum Gasteiger partial charge on any atom is 0.433 e.